The molecule has 1 rings (SSSR count). The standard InChI is InChI=1S/C17H34N4O2.2ClH/c1-5-17(6-2,14-18)16(23)21-11-9-19(10-12-21)13-15(22)20(7-3)8-4;;/h5-14,18H2,1-4H3;2*1H. The monoisotopic (exact) mass is 398 g/mol. The summed E-state index contributed by atoms with van der Waals surface area (Å²) in [6, 6.07) is 0. The first-order chi connectivity index (χ1) is 11.0. The van der Waals surface area contributed by atoms with E-state index in [0.717, 1.165) is 39.0 Å². The van der Waals surface area contributed by atoms with Crippen LogP contribution in [0.1, 0.15) is 40.5 Å². The Balaban J connectivity index is 0. The van der Waals surface area contributed by atoms with Crippen LogP contribution < -0.4 is 5.73 Å². The van der Waals surface area contributed by atoms with Crippen LogP contribution >= 0.6 is 24.8 Å². The highest BCUT2D eigenvalue weighted by molar-refractivity contribution is 5.85. The van der Waals surface area contributed by atoms with E-state index < -0.39 is 5.41 Å². The molecule has 8 heteroatoms. The third-order valence-corrected chi connectivity index (χ3v) is 5.33. The molecule has 2 amide bonds. The number of halogens is 2. The Morgan fingerprint density at radius 2 is 1.44 bits per heavy atom. The summed E-state index contributed by atoms with van der Waals surface area (Å²) in [6.45, 7) is 13.3. The van der Waals surface area contributed by atoms with Gasteiger partial charge in [-0.05, 0) is 26.7 Å². The van der Waals surface area contributed by atoms with Gasteiger partial charge >= 0.3 is 0 Å². The van der Waals surface area contributed by atoms with Crippen molar-refractivity contribution in [2.75, 3.05) is 52.4 Å². The molecule has 1 aliphatic heterocycles. The van der Waals surface area contributed by atoms with Gasteiger partial charge in [0, 0.05) is 45.8 Å². The number of likely N-dealkylation sites (N-methyl/N-ethyl adjacent to an activating group) is 1. The number of nitrogens with zero attached hydrogens (tertiary/aromatic N) is 3. The lowest BCUT2D eigenvalue weighted by atomic mass is 9.81. The van der Waals surface area contributed by atoms with E-state index in [0.29, 0.717) is 26.2 Å². The predicted molar refractivity (Wildman–Crippen MR) is 108 cm³/mol. The normalized spacial score (nSPS) is 15.2. The lowest BCUT2D eigenvalue weighted by Crippen LogP contribution is -2.56. The van der Waals surface area contributed by atoms with Crippen molar-refractivity contribution in [3.8, 4) is 0 Å². The number of nitrogens with two attached hydrogens (primary N) is 1. The number of rotatable bonds is 8. The van der Waals surface area contributed by atoms with Gasteiger partial charge in [0.05, 0.1) is 12.0 Å². The second kappa shape index (κ2) is 12.7. The molecule has 0 spiro atoms. The fraction of sp³-hybridized carbons (Fsp3) is 0.882. The summed E-state index contributed by atoms with van der Waals surface area (Å²) >= 11 is 0. The van der Waals surface area contributed by atoms with E-state index in [-0.39, 0.29) is 36.6 Å². The second-order valence-electron chi connectivity index (χ2n) is 6.33. The van der Waals surface area contributed by atoms with Crippen molar-refractivity contribution >= 4 is 36.6 Å². The topological polar surface area (TPSA) is 69.9 Å². The molecule has 0 aliphatic carbocycles. The van der Waals surface area contributed by atoms with Crippen LogP contribution in [0.15, 0.2) is 0 Å². The summed E-state index contributed by atoms with van der Waals surface area (Å²) in [7, 11) is 0. The lowest BCUT2D eigenvalue weighted by molar-refractivity contribution is -0.144. The molecule has 0 aromatic carbocycles. The number of carbonyl (C=O) groups excluding carboxylic acids is 2. The van der Waals surface area contributed by atoms with Crippen LogP contribution in [0.3, 0.4) is 0 Å². The highest BCUT2D eigenvalue weighted by Gasteiger charge is 2.37. The van der Waals surface area contributed by atoms with E-state index in [4.69, 9.17) is 5.73 Å². The van der Waals surface area contributed by atoms with E-state index in [9.17, 15) is 9.59 Å². The molecule has 1 aliphatic rings. The van der Waals surface area contributed by atoms with Crippen molar-refractivity contribution in [1.29, 1.82) is 0 Å². The number of piperazine rings is 1. The fourth-order valence-electron chi connectivity index (χ4n) is 3.24. The van der Waals surface area contributed by atoms with E-state index in [2.05, 4.69) is 4.90 Å². The van der Waals surface area contributed by atoms with Crippen LogP contribution in [-0.4, -0.2) is 78.9 Å². The first-order valence-electron chi connectivity index (χ1n) is 8.97. The van der Waals surface area contributed by atoms with Gasteiger partial charge in [-0.15, -0.1) is 24.8 Å². The minimum Gasteiger partial charge on any atom is -0.342 e. The van der Waals surface area contributed by atoms with Gasteiger partial charge < -0.3 is 15.5 Å². The molecule has 0 atom stereocenters. The SMILES string of the molecule is CCN(CC)C(=O)CN1CCN(C(=O)C(CC)(CC)CN)CC1.Cl.Cl. The molecular formula is C17H36Cl2N4O2. The van der Waals surface area contributed by atoms with Gasteiger partial charge in [0.2, 0.25) is 11.8 Å². The summed E-state index contributed by atoms with van der Waals surface area (Å²) in [5, 5.41) is 0. The average molecular weight is 399 g/mol. The number of carbonyl (C=O) groups is 2. The minimum absolute atomic E-state index is 0. The zero-order valence-electron chi connectivity index (χ0n) is 16.1. The third-order valence-electron chi connectivity index (χ3n) is 5.33. The molecule has 6 nitrogen and oxygen atoms in total. The predicted octanol–water partition coefficient (Wildman–Crippen LogP) is 1.61. The van der Waals surface area contributed by atoms with Crippen LogP contribution in [-0.2, 0) is 9.59 Å². The quantitative estimate of drug-likeness (QED) is 0.673. The Morgan fingerprint density at radius 3 is 1.80 bits per heavy atom. The Kier molecular flexibility index (Phi) is 13.6. The van der Waals surface area contributed by atoms with Crippen molar-refractivity contribution in [3.63, 3.8) is 0 Å². The molecule has 2 N–H and O–H groups in total. The third kappa shape index (κ3) is 6.59. The fourth-order valence-corrected chi connectivity index (χ4v) is 3.24. The number of hydrogen-bond acceptors (Lipinski definition) is 4. The molecule has 1 fully saturated rings. The van der Waals surface area contributed by atoms with Crippen LogP contribution in [0.4, 0.5) is 0 Å². The van der Waals surface area contributed by atoms with Gasteiger partial charge in [-0.3, -0.25) is 14.5 Å². The maximum atomic E-state index is 12.8. The summed E-state index contributed by atoms with van der Waals surface area (Å²) in [5.74, 6) is 0.355. The minimum atomic E-state index is -0.417. The summed E-state index contributed by atoms with van der Waals surface area (Å²) in [5.41, 5.74) is 5.47. The lowest BCUT2D eigenvalue weighted by Gasteiger charge is -2.40. The van der Waals surface area contributed by atoms with Crippen LogP contribution in [0, 0.1) is 5.41 Å². The van der Waals surface area contributed by atoms with Crippen molar-refractivity contribution < 1.29 is 9.59 Å². The van der Waals surface area contributed by atoms with Gasteiger partial charge in [0.15, 0.2) is 0 Å². The molecule has 0 aromatic heterocycles. The Bertz CT molecular complexity index is 386. The van der Waals surface area contributed by atoms with E-state index >= 15 is 0 Å². The van der Waals surface area contributed by atoms with Crippen LogP contribution in [0.2, 0.25) is 0 Å². The first-order valence-corrected chi connectivity index (χ1v) is 8.97. The maximum Gasteiger partial charge on any atom is 0.236 e. The molecule has 0 bridgehead atoms. The summed E-state index contributed by atoms with van der Waals surface area (Å²) in [6.07, 6.45) is 1.55. The number of hydrogen-bond donors (Lipinski definition) is 1. The molecule has 0 saturated carbocycles. The van der Waals surface area contributed by atoms with Crippen molar-refractivity contribution in [2.45, 2.75) is 40.5 Å². The largest absolute Gasteiger partial charge is 0.342 e. The smallest absolute Gasteiger partial charge is 0.236 e. The highest BCUT2D eigenvalue weighted by atomic mass is 35.5. The van der Waals surface area contributed by atoms with Gasteiger partial charge in [0.25, 0.3) is 0 Å². The van der Waals surface area contributed by atoms with E-state index in [1.807, 2.05) is 37.5 Å². The highest BCUT2D eigenvalue weighted by Crippen LogP contribution is 2.28. The molecule has 0 radical (unpaired) electrons. The molecule has 150 valence electrons. The van der Waals surface area contributed by atoms with Gasteiger partial charge in [-0.25, -0.2) is 0 Å². The van der Waals surface area contributed by atoms with Crippen LogP contribution in [0.5, 0.6) is 0 Å². The Morgan fingerprint density at radius 1 is 0.960 bits per heavy atom. The van der Waals surface area contributed by atoms with Gasteiger partial charge in [-0.1, -0.05) is 13.8 Å². The zero-order chi connectivity index (χ0) is 17.5. The van der Waals surface area contributed by atoms with Gasteiger partial charge in [0.1, 0.15) is 0 Å². The maximum absolute atomic E-state index is 12.8. The Hall–Kier alpha value is -0.560. The van der Waals surface area contributed by atoms with Crippen molar-refractivity contribution in [3.05, 3.63) is 0 Å². The van der Waals surface area contributed by atoms with E-state index in [1.54, 1.807) is 0 Å². The second-order valence-corrected chi connectivity index (χ2v) is 6.33. The summed E-state index contributed by atoms with van der Waals surface area (Å²) in [4.78, 5) is 30.9. The molecule has 0 unspecified atom stereocenters. The molecule has 0 aromatic rings. The van der Waals surface area contributed by atoms with Crippen molar-refractivity contribution in [1.82, 2.24) is 14.7 Å². The van der Waals surface area contributed by atoms with E-state index in [1.165, 1.54) is 0 Å². The molecule has 25 heavy (non-hydrogen) atoms. The van der Waals surface area contributed by atoms with Gasteiger partial charge in [-0.2, -0.15) is 0 Å². The molecule has 1 heterocycles. The molecule has 1 saturated heterocycles. The van der Waals surface area contributed by atoms with Crippen molar-refractivity contribution in [2.24, 2.45) is 11.1 Å². The Labute approximate surface area is 165 Å². The average Bonchev–Trinajstić information content (AvgIpc) is 2.58. The first kappa shape index (κ1) is 26.7. The summed E-state index contributed by atoms with van der Waals surface area (Å²) < 4.78 is 0. The van der Waals surface area contributed by atoms with Crippen LogP contribution in [0.25, 0.3) is 0 Å². The number of amides is 2. The molecular weight excluding hydrogens is 363 g/mol. The zero-order valence-corrected chi connectivity index (χ0v) is 17.8.